The van der Waals surface area contributed by atoms with Gasteiger partial charge in [-0.2, -0.15) is 0 Å². The number of nitrogens with one attached hydrogen (secondary N) is 2. The van der Waals surface area contributed by atoms with Gasteiger partial charge < -0.3 is 10.6 Å². The summed E-state index contributed by atoms with van der Waals surface area (Å²) in [6.45, 7) is 11.2. The van der Waals surface area contributed by atoms with Crippen molar-refractivity contribution in [1.82, 2.24) is 0 Å². The minimum atomic E-state index is 0.188. The lowest BCUT2D eigenvalue weighted by molar-refractivity contribution is 0.590. The van der Waals surface area contributed by atoms with Crippen molar-refractivity contribution in [3.63, 3.8) is 0 Å². The van der Waals surface area contributed by atoms with Crippen LogP contribution in [0.4, 0.5) is 17.1 Å². The van der Waals surface area contributed by atoms with Gasteiger partial charge in [-0.15, -0.1) is 6.58 Å². The van der Waals surface area contributed by atoms with Crippen molar-refractivity contribution in [2.24, 2.45) is 0 Å². The van der Waals surface area contributed by atoms with E-state index in [1.807, 2.05) is 12.1 Å². The number of hydrogen-bond acceptors (Lipinski definition) is 2. The van der Waals surface area contributed by atoms with Crippen molar-refractivity contribution in [2.75, 3.05) is 17.2 Å². The van der Waals surface area contributed by atoms with Crippen molar-refractivity contribution < 1.29 is 0 Å². The second-order valence-electron chi connectivity index (χ2n) is 6.20. The molecule has 0 spiro atoms. The van der Waals surface area contributed by atoms with Crippen LogP contribution in [0, 0.1) is 0 Å². The minimum Gasteiger partial charge on any atom is -0.382 e. The number of rotatable bonds is 5. The Bertz CT molecular complexity index is 592. The van der Waals surface area contributed by atoms with Gasteiger partial charge in [0, 0.05) is 23.6 Å². The van der Waals surface area contributed by atoms with Crippen LogP contribution in [-0.4, -0.2) is 6.54 Å². The van der Waals surface area contributed by atoms with Crippen LogP contribution in [-0.2, 0) is 5.41 Å². The highest BCUT2D eigenvalue weighted by Crippen LogP contribution is 2.25. The zero-order chi connectivity index (χ0) is 15.3. The maximum Gasteiger partial charge on any atom is 0.0404 e. The summed E-state index contributed by atoms with van der Waals surface area (Å²) in [6.07, 6.45) is 1.85. The van der Waals surface area contributed by atoms with Crippen molar-refractivity contribution in [3.05, 3.63) is 66.7 Å². The molecule has 0 amide bonds. The SMILES string of the molecule is C=CCNc1cccc(Nc2ccc(C(C)(C)C)cc2)c1. The lowest BCUT2D eigenvalue weighted by Gasteiger charge is -2.19. The van der Waals surface area contributed by atoms with Crippen LogP contribution >= 0.6 is 0 Å². The summed E-state index contributed by atoms with van der Waals surface area (Å²) in [5.74, 6) is 0. The first-order chi connectivity index (χ1) is 9.99. The van der Waals surface area contributed by atoms with E-state index in [1.165, 1.54) is 5.56 Å². The van der Waals surface area contributed by atoms with Crippen LogP contribution in [0.25, 0.3) is 0 Å². The Morgan fingerprint density at radius 1 is 0.952 bits per heavy atom. The molecular formula is C19H24N2. The van der Waals surface area contributed by atoms with Gasteiger partial charge in [0.1, 0.15) is 0 Å². The molecule has 0 aromatic heterocycles. The third-order valence-electron chi connectivity index (χ3n) is 3.35. The van der Waals surface area contributed by atoms with Crippen molar-refractivity contribution in [3.8, 4) is 0 Å². The Hall–Kier alpha value is -2.22. The van der Waals surface area contributed by atoms with E-state index in [0.717, 1.165) is 23.6 Å². The first-order valence-corrected chi connectivity index (χ1v) is 7.31. The molecule has 110 valence electrons. The average Bonchev–Trinajstić information content (AvgIpc) is 2.45. The van der Waals surface area contributed by atoms with Crippen LogP contribution in [0.2, 0.25) is 0 Å². The number of benzene rings is 2. The molecule has 2 N–H and O–H groups in total. The van der Waals surface area contributed by atoms with Crippen LogP contribution in [0.5, 0.6) is 0 Å². The average molecular weight is 280 g/mol. The van der Waals surface area contributed by atoms with Crippen LogP contribution in [0.15, 0.2) is 61.2 Å². The molecule has 2 aromatic carbocycles. The summed E-state index contributed by atoms with van der Waals surface area (Å²) >= 11 is 0. The molecule has 2 heteroatoms. The Morgan fingerprint density at radius 2 is 1.62 bits per heavy atom. The normalized spacial score (nSPS) is 11.0. The molecule has 0 radical (unpaired) electrons. The predicted octanol–water partition coefficient (Wildman–Crippen LogP) is 5.33. The molecule has 0 unspecified atom stereocenters. The van der Waals surface area contributed by atoms with E-state index in [1.54, 1.807) is 0 Å². The predicted molar refractivity (Wildman–Crippen MR) is 93.6 cm³/mol. The zero-order valence-corrected chi connectivity index (χ0v) is 13.1. The monoisotopic (exact) mass is 280 g/mol. The van der Waals surface area contributed by atoms with Gasteiger partial charge in [0.2, 0.25) is 0 Å². The summed E-state index contributed by atoms with van der Waals surface area (Å²) in [6, 6.07) is 16.9. The van der Waals surface area contributed by atoms with Gasteiger partial charge in [0.05, 0.1) is 0 Å². The van der Waals surface area contributed by atoms with E-state index in [4.69, 9.17) is 0 Å². The van der Waals surface area contributed by atoms with Gasteiger partial charge in [-0.1, -0.05) is 45.0 Å². The Labute approximate surface area is 127 Å². The maximum atomic E-state index is 3.72. The molecule has 0 fully saturated rings. The molecule has 2 aromatic rings. The molecule has 0 aliphatic heterocycles. The molecule has 0 aliphatic carbocycles. The van der Waals surface area contributed by atoms with Gasteiger partial charge in [0.15, 0.2) is 0 Å². The molecule has 0 atom stereocenters. The van der Waals surface area contributed by atoms with Gasteiger partial charge in [-0.05, 0) is 41.3 Å². The fraction of sp³-hybridized carbons (Fsp3) is 0.263. The fourth-order valence-electron chi connectivity index (χ4n) is 2.12. The molecule has 2 rings (SSSR count). The topological polar surface area (TPSA) is 24.1 Å². The highest BCUT2D eigenvalue weighted by molar-refractivity contribution is 5.64. The lowest BCUT2D eigenvalue weighted by Crippen LogP contribution is -2.10. The summed E-state index contributed by atoms with van der Waals surface area (Å²) < 4.78 is 0. The molecule has 2 nitrogen and oxygen atoms in total. The van der Waals surface area contributed by atoms with Crippen molar-refractivity contribution in [2.45, 2.75) is 26.2 Å². The standard InChI is InChI=1S/C19H24N2/c1-5-13-20-17-7-6-8-18(14-17)21-16-11-9-15(10-12-16)19(2,3)4/h5-12,14,20-21H,1,13H2,2-4H3. The molecule has 0 saturated heterocycles. The highest BCUT2D eigenvalue weighted by atomic mass is 14.9. The van der Waals surface area contributed by atoms with E-state index in [-0.39, 0.29) is 5.41 Å². The second-order valence-corrected chi connectivity index (χ2v) is 6.20. The minimum absolute atomic E-state index is 0.188. The quantitative estimate of drug-likeness (QED) is 0.724. The van der Waals surface area contributed by atoms with Crippen molar-refractivity contribution >= 4 is 17.1 Å². The van der Waals surface area contributed by atoms with E-state index >= 15 is 0 Å². The van der Waals surface area contributed by atoms with Gasteiger partial charge in [-0.3, -0.25) is 0 Å². The summed E-state index contributed by atoms with van der Waals surface area (Å²) in [7, 11) is 0. The zero-order valence-electron chi connectivity index (χ0n) is 13.1. The lowest BCUT2D eigenvalue weighted by atomic mass is 9.87. The van der Waals surface area contributed by atoms with E-state index in [0.29, 0.717) is 0 Å². The largest absolute Gasteiger partial charge is 0.382 e. The Balaban J connectivity index is 2.09. The Kier molecular flexibility index (Phi) is 4.69. The maximum absolute atomic E-state index is 3.72. The molecular weight excluding hydrogens is 256 g/mol. The van der Waals surface area contributed by atoms with E-state index in [2.05, 4.69) is 80.4 Å². The highest BCUT2D eigenvalue weighted by Gasteiger charge is 2.12. The molecule has 0 saturated carbocycles. The molecule has 0 bridgehead atoms. The summed E-state index contributed by atoms with van der Waals surface area (Å²) in [5, 5.41) is 6.73. The van der Waals surface area contributed by atoms with Crippen LogP contribution in [0.1, 0.15) is 26.3 Å². The summed E-state index contributed by atoms with van der Waals surface area (Å²) in [4.78, 5) is 0. The molecule has 0 heterocycles. The first-order valence-electron chi connectivity index (χ1n) is 7.31. The molecule has 0 aliphatic rings. The fourth-order valence-corrected chi connectivity index (χ4v) is 2.12. The van der Waals surface area contributed by atoms with Gasteiger partial charge >= 0.3 is 0 Å². The number of hydrogen-bond donors (Lipinski definition) is 2. The first kappa shape index (κ1) is 15.2. The van der Waals surface area contributed by atoms with Crippen molar-refractivity contribution in [1.29, 1.82) is 0 Å². The van der Waals surface area contributed by atoms with Crippen LogP contribution < -0.4 is 10.6 Å². The van der Waals surface area contributed by atoms with Gasteiger partial charge in [0.25, 0.3) is 0 Å². The van der Waals surface area contributed by atoms with Crippen LogP contribution in [0.3, 0.4) is 0 Å². The Morgan fingerprint density at radius 3 is 2.24 bits per heavy atom. The number of anilines is 3. The van der Waals surface area contributed by atoms with E-state index in [9.17, 15) is 0 Å². The third kappa shape index (κ3) is 4.38. The smallest absolute Gasteiger partial charge is 0.0404 e. The van der Waals surface area contributed by atoms with E-state index < -0.39 is 0 Å². The summed E-state index contributed by atoms with van der Waals surface area (Å²) in [5.41, 5.74) is 4.80. The molecule has 21 heavy (non-hydrogen) atoms. The second kappa shape index (κ2) is 6.49. The van der Waals surface area contributed by atoms with Gasteiger partial charge in [-0.25, -0.2) is 0 Å². The third-order valence-corrected chi connectivity index (χ3v) is 3.35.